The highest BCUT2D eigenvalue weighted by Gasteiger charge is 2.26. The third kappa shape index (κ3) is 6.55. The molecule has 1 aromatic heterocycles. The number of aliphatic imine (C=N–C) groups is 1. The highest BCUT2D eigenvalue weighted by atomic mass is 127. The Morgan fingerprint density at radius 2 is 2.00 bits per heavy atom. The van der Waals surface area contributed by atoms with Crippen molar-refractivity contribution in [1.82, 2.24) is 25.0 Å². The Bertz CT molecular complexity index is 670. The van der Waals surface area contributed by atoms with Crippen LogP contribution in [0.1, 0.15) is 57.1 Å². The monoisotopic (exact) mass is 518 g/mol. The van der Waals surface area contributed by atoms with E-state index in [1.807, 2.05) is 0 Å². The maximum atomic E-state index is 11.7. The molecular weight excluding hydrogens is 483 g/mol. The lowest BCUT2D eigenvalue weighted by Gasteiger charge is -2.33. The van der Waals surface area contributed by atoms with Gasteiger partial charge >= 0.3 is 5.97 Å². The van der Waals surface area contributed by atoms with E-state index in [9.17, 15) is 4.79 Å². The van der Waals surface area contributed by atoms with E-state index in [2.05, 4.69) is 31.9 Å². The number of nitrogens with one attached hydrogen (secondary N) is 1. The minimum absolute atomic E-state index is 0. The van der Waals surface area contributed by atoms with E-state index in [1.165, 1.54) is 26.4 Å². The summed E-state index contributed by atoms with van der Waals surface area (Å²) in [6.07, 6.45) is 8.31. The Labute approximate surface area is 190 Å². The van der Waals surface area contributed by atoms with Gasteiger partial charge in [0.05, 0.1) is 13.0 Å². The number of aromatic nitrogens is 3. The van der Waals surface area contributed by atoms with Gasteiger partial charge in [-0.3, -0.25) is 9.79 Å². The van der Waals surface area contributed by atoms with Crippen molar-refractivity contribution >= 4 is 35.9 Å². The highest BCUT2D eigenvalue weighted by Crippen LogP contribution is 2.19. The number of piperidine rings is 1. The van der Waals surface area contributed by atoms with Gasteiger partial charge in [0.15, 0.2) is 5.96 Å². The number of ether oxygens (including phenoxy) is 1. The summed E-state index contributed by atoms with van der Waals surface area (Å²) in [7, 11) is 1.47. The molecule has 29 heavy (non-hydrogen) atoms. The second kappa shape index (κ2) is 12.3. The first-order valence-corrected chi connectivity index (χ1v) is 10.7. The van der Waals surface area contributed by atoms with Gasteiger partial charge in [0.1, 0.15) is 11.6 Å². The summed E-state index contributed by atoms with van der Waals surface area (Å²) in [5.41, 5.74) is 0. The van der Waals surface area contributed by atoms with Crippen LogP contribution in [0.2, 0.25) is 0 Å². The third-order valence-electron chi connectivity index (χ3n) is 5.67. The van der Waals surface area contributed by atoms with Crippen LogP contribution in [-0.2, 0) is 28.9 Å². The van der Waals surface area contributed by atoms with Crippen LogP contribution in [0.4, 0.5) is 0 Å². The molecule has 0 spiro atoms. The zero-order valence-electron chi connectivity index (χ0n) is 17.7. The van der Waals surface area contributed by atoms with Crippen molar-refractivity contribution < 1.29 is 9.53 Å². The van der Waals surface area contributed by atoms with E-state index < -0.39 is 0 Å². The minimum Gasteiger partial charge on any atom is -0.469 e. The average Bonchev–Trinajstić information content (AvgIpc) is 2.95. The molecule has 3 heterocycles. The first-order chi connectivity index (χ1) is 13.7. The fourth-order valence-corrected chi connectivity index (χ4v) is 4.07. The predicted octanol–water partition coefficient (Wildman–Crippen LogP) is 2.41. The molecule has 1 fully saturated rings. The molecule has 0 atom stereocenters. The summed E-state index contributed by atoms with van der Waals surface area (Å²) in [6.45, 7) is 6.42. The van der Waals surface area contributed by atoms with Crippen LogP contribution >= 0.6 is 24.0 Å². The Hall–Kier alpha value is -1.39. The quantitative estimate of drug-likeness (QED) is 0.205. The maximum Gasteiger partial charge on any atom is 0.308 e. The first kappa shape index (κ1) is 23.9. The van der Waals surface area contributed by atoms with Crippen molar-refractivity contribution in [2.45, 2.75) is 64.8 Å². The smallest absolute Gasteiger partial charge is 0.308 e. The van der Waals surface area contributed by atoms with Crippen LogP contribution in [0.3, 0.4) is 0 Å². The number of hydrogen-bond acceptors (Lipinski definition) is 5. The lowest BCUT2D eigenvalue weighted by molar-refractivity contribution is -0.146. The van der Waals surface area contributed by atoms with Crippen molar-refractivity contribution in [3.63, 3.8) is 0 Å². The molecule has 8 nitrogen and oxygen atoms in total. The van der Waals surface area contributed by atoms with Crippen LogP contribution in [0.25, 0.3) is 0 Å². The number of rotatable bonds is 6. The van der Waals surface area contributed by atoms with Crippen LogP contribution < -0.4 is 5.32 Å². The van der Waals surface area contributed by atoms with Gasteiger partial charge in [-0.25, -0.2) is 0 Å². The van der Waals surface area contributed by atoms with E-state index in [0.29, 0.717) is 0 Å². The SMILES string of the molecule is CCNC(=NCCCc1nnc2n1CCCCC2)N1CCC(C(=O)OC)CC1.I. The van der Waals surface area contributed by atoms with Gasteiger partial charge in [-0.05, 0) is 39.0 Å². The second-order valence-corrected chi connectivity index (χ2v) is 7.62. The molecule has 0 aromatic carbocycles. The van der Waals surface area contributed by atoms with E-state index in [4.69, 9.17) is 9.73 Å². The number of likely N-dealkylation sites (tertiary alicyclic amines) is 1. The predicted molar refractivity (Wildman–Crippen MR) is 124 cm³/mol. The summed E-state index contributed by atoms with van der Waals surface area (Å²) in [5.74, 6) is 3.14. The zero-order chi connectivity index (χ0) is 19.8. The van der Waals surface area contributed by atoms with Crippen molar-refractivity contribution in [3.05, 3.63) is 11.6 Å². The summed E-state index contributed by atoms with van der Waals surface area (Å²) in [6, 6.07) is 0. The largest absolute Gasteiger partial charge is 0.469 e. The molecule has 1 saturated heterocycles. The number of fused-ring (bicyclic) bond motifs is 1. The molecule has 1 N–H and O–H groups in total. The van der Waals surface area contributed by atoms with Crippen molar-refractivity contribution in [2.24, 2.45) is 10.9 Å². The van der Waals surface area contributed by atoms with Gasteiger partial charge in [-0.2, -0.15) is 0 Å². The molecule has 0 saturated carbocycles. The van der Waals surface area contributed by atoms with Crippen molar-refractivity contribution in [3.8, 4) is 0 Å². The van der Waals surface area contributed by atoms with E-state index in [1.54, 1.807) is 0 Å². The first-order valence-electron chi connectivity index (χ1n) is 10.7. The van der Waals surface area contributed by atoms with Gasteiger partial charge < -0.3 is 19.5 Å². The molecule has 0 aliphatic carbocycles. The number of methoxy groups -OCH3 is 1. The number of nitrogens with zero attached hydrogens (tertiary/aromatic N) is 5. The van der Waals surface area contributed by atoms with Crippen LogP contribution in [0.15, 0.2) is 4.99 Å². The van der Waals surface area contributed by atoms with Crippen LogP contribution in [-0.4, -0.2) is 64.9 Å². The topological polar surface area (TPSA) is 84.6 Å². The molecule has 164 valence electrons. The second-order valence-electron chi connectivity index (χ2n) is 7.62. The average molecular weight is 518 g/mol. The fraction of sp³-hybridized carbons (Fsp3) is 0.800. The molecule has 9 heteroatoms. The third-order valence-corrected chi connectivity index (χ3v) is 5.67. The van der Waals surface area contributed by atoms with Gasteiger partial charge in [0.25, 0.3) is 0 Å². The number of carbonyl (C=O) groups is 1. The number of hydrogen-bond donors (Lipinski definition) is 1. The summed E-state index contributed by atoms with van der Waals surface area (Å²) in [5, 5.41) is 12.2. The molecule has 0 bridgehead atoms. The molecule has 1 aromatic rings. The van der Waals surface area contributed by atoms with Crippen molar-refractivity contribution in [2.75, 3.05) is 33.3 Å². The zero-order valence-corrected chi connectivity index (χ0v) is 20.1. The van der Waals surface area contributed by atoms with Gasteiger partial charge in [-0.1, -0.05) is 6.42 Å². The van der Waals surface area contributed by atoms with Crippen molar-refractivity contribution in [1.29, 1.82) is 0 Å². The van der Waals surface area contributed by atoms with Crippen LogP contribution in [0, 0.1) is 5.92 Å². The number of guanidine groups is 1. The molecule has 0 unspecified atom stereocenters. The molecule has 0 radical (unpaired) electrons. The van der Waals surface area contributed by atoms with Gasteiger partial charge in [-0.15, -0.1) is 34.2 Å². The molecule has 3 rings (SSSR count). The molecular formula is C20H35IN6O2. The normalized spacial score (nSPS) is 17.9. The van der Waals surface area contributed by atoms with Gasteiger partial charge in [0, 0.05) is 45.6 Å². The summed E-state index contributed by atoms with van der Waals surface area (Å²) < 4.78 is 7.20. The summed E-state index contributed by atoms with van der Waals surface area (Å²) >= 11 is 0. The van der Waals surface area contributed by atoms with E-state index >= 15 is 0 Å². The van der Waals surface area contributed by atoms with Crippen LogP contribution in [0.5, 0.6) is 0 Å². The molecule has 2 aliphatic heterocycles. The summed E-state index contributed by atoms with van der Waals surface area (Å²) in [4.78, 5) is 18.8. The minimum atomic E-state index is -0.0889. The molecule has 2 aliphatic rings. The Morgan fingerprint density at radius 1 is 1.21 bits per heavy atom. The number of carbonyl (C=O) groups excluding carboxylic acids is 1. The van der Waals surface area contributed by atoms with Gasteiger partial charge in [0.2, 0.25) is 0 Å². The standard InChI is InChI=1S/C20H34N6O2.HI/c1-3-21-20(25-14-10-16(11-15-25)19(27)28-2)22-12-7-9-18-24-23-17-8-5-4-6-13-26(17)18;/h16H,3-15H2,1-2H3,(H,21,22);1H. The molecule has 0 amide bonds. The van der Waals surface area contributed by atoms with E-state index in [0.717, 1.165) is 82.4 Å². The number of aryl methyl sites for hydroxylation is 2. The maximum absolute atomic E-state index is 11.7. The highest BCUT2D eigenvalue weighted by molar-refractivity contribution is 14.0. The van der Waals surface area contributed by atoms with E-state index in [-0.39, 0.29) is 35.9 Å². The lowest BCUT2D eigenvalue weighted by Crippen LogP contribution is -2.46. The number of halogens is 1. The Morgan fingerprint density at radius 3 is 2.72 bits per heavy atom. The lowest BCUT2D eigenvalue weighted by atomic mass is 9.97. The fourth-order valence-electron chi connectivity index (χ4n) is 4.07. The Kier molecular flexibility index (Phi) is 10.2. The Balaban J connectivity index is 0.00000300. The number of esters is 1.